The van der Waals surface area contributed by atoms with Crippen LogP contribution in [0.2, 0.25) is 6.82 Å². The first-order valence-corrected chi connectivity index (χ1v) is 10.0. The fraction of sp³-hybridized carbons (Fsp3) is 0.900. The summed E-state index contributed by atoms with van der Waals surface area (Å²) in [6.07, 6.45) is 3.09. The van der Waals surface area contributed by atoms with Gasteiger partial charge in [-0.3, -0.25) is 4.81 Å². The second kappa shape index (κ2) is 8.38. The standard InChI is InChI=1S/C20H40B2O4/c1-12-13-14-16-15-21(11)23-19(7,8)20(9,10)25-26-22(16)24-18(5,6)17(2,3)4/h15H,12-14H2,1-11H3/b16-15-. The molecule has 0 N–H and O–H groups in total. The van der Waals surface area contributed by atoms with Crippen LogP contribution in [0.3, 0.4) is 0 Å². The van der Waals surface area contributed by atoms with Crippen molar-refractivity contribution in [3.05, 3.63) is 11.4 Å². The first-order chi connectivity index (χ1) is 11.6. The first kappa shape index (κ1) is 23.7. The van der Waals surface area contributed by atoms with E-state index in [0.717, 1.165) is 24.7 Å². The zero-order valence-electron chi connectivity index (χ0n) is 19.0. The molecule has 26 heavy (non-hydrogen) atoms. The molecule has 1 aliphatic heterocycles. The van der Waals surface area contributed by atoms with Gasteiger partial charge in [-0.05, 0) is 58.9 Å². The highest BCUT2D eigenvalue weighted by atomic mass is 17.2. The van der Waals surface area contributed by atoms with Crippen molar-refractivity contribution in [2.24, 2.45) is 5.41 Å². The molecule has 4 nitrogen and oxygen atoms in total. The Kier molecular flexibility index (Phi) is 7.66. The second-order valence-corrected chi connectivity index (χ2v) is 10.1. The number of rotatable bonds is 5. The SMILES string of the molecule is CCCC/C1=C/B(C)OC(C)(C)C(C)(C)OOB1OC(C)(C)C(C)(C)C. The van der Waals surface area contributed by atoms with E-state index in [2.05, 4.69) is 54.3 Å². The van der Waals surface area contributed by atoms with E-state index in [0.29, 0.717) is 0 Å². The van der Waals surface area contributed by atoms with E-state index in [1.165, 1.54) is 0 Å². The van der Waals surface area contributed by atoms with E-state index in [-0.39, 0.29) is 17.9 Å². The van der Waals surface area contributed by atoms with Crippen molar-refractivity contribution in [1.82, 2.24) is 0 Å². The van der Waals surface area contributed by atoms with Crippen molar-refractivity contribution >= 4 is 14.0 Å². The molecule has 150 valence electrons. The maximum atomic E-state index is 6.48. The van der Waals surface area contributed by atoms with E-state index in [1.54, 1.807) is 0 Å². The quantitative estimate of drug-likeness (QED) is 0.464. The van der Waals surface area contributed by atoms with Crippen LogP contribution in [-0.4, -0.2) is 30.8 Å². The number of allylic oxidation sites excluding steroid dienone is 1. The van der Waals surface area contributed by atoms with Gasteiger partial charge in [-0.1, -0.05) is 53.3 Å². The van der Waals surface area contributed by atoms with E-state index in [1.807, 2.05) is 27.7 Å². The van der Waals surface area contributed by atoms with Crippen molar-refractivity contribution in [2.45, 2.75) is 112 Å². The molecule has 0 spiro atoms. The zero-order valence-corrected chi connectivity index (χ0v) is 19.0. The van der Waals surface area contributed by atoms with Gasteiger partial charge in [0, 0.05) is 0 Å². The van der Waals surface area contributed by atoms with Crippen LogP contribution in [0.1, 0.15) is 88.5 Å². The highest BCUT2D eigenvalue weighted by Gasteiger charge is 2.46. The Morgan fingerprint density at radius 1 is 1.04 bits per heavy atom. The molecule has 0 fully saturated rings. The molecule has 0 bridgehead atoms. The van der Waals surface area contributed by atoms with Gasteiger partial charge in [-0.2, -0.15) is 0 Å². The van der Waals surface area contributed by atoms with Gasteiger partial charge in [0.1, 0.15) is 5.60 Å². The lowest BCUT2D eigenvalue weighted by Crippen LogP contribution is -2.52. The molecule has 0 aromatic rings. The van der Waals surface area contributed by atoms with E-state index in [4.69, 9.17) is 19.0 Å². The van der Waals surface area contributed by atoms with Crippen LogP contribution in [0.15, 0.2) is 11.4 Å². The second-order valence-electron chi connectivity index (χ2n) is 10.1. The predicted octanol–water partition coefficient (Wildman–Crippen LogP) is 5.67. The molecule has 6 heteroatoms. The van der Waals surface area contributed by atoms with Gasteiger partial charge in [0.15, 0.2) is 0 Å². The molecule has 0 saturated heterocycles. The molecule has 0 unspecified atom stereocenters. The van der Waals surface area contributed by atoms with Gasteiger partial charge in [-0.15, -0.1) is 0 Å². The van der Waals surface area contributed by atoms with Gasteiger partial charge < -0.3 is 9.31 Å². The minimum absolute atomic E-state index is 0.0401. The highest BCUT2D eigenvalue weighted by Crippen LogP contribution is 2.37. The van der Waals surface area contributed by atoms with E-state index < -0.39 is 18.3 Å². The summed E-state index contributed by atoms with van der Waals surface area (Å²) >= 11 is 0. The van der Waals surface area contributed by atoms with Gasteiger partial charge in [-0.25, -0.2) is 4.89 Å². The third-order valence-corrected chi connectivity index (χ3v) is 6.05. The zero-order chi connectivity index (χ0) is 20.4. The van der Waals surface area contributed by atoms with Gasteiger partial charge in [0.2, 0.25) is 0 Å². The Bertz CT molecular complexity index is 493. The third-order valence-electron chi connectivity index (χ3n) is 6.05. The van der Waals surface area contributed by atoms with E-state index in [9.17, 15) is 0 Å². The van der Waals surface area contributed by atoms with Crippen molar-refractivity contribution in [2.75, 3.05) is 0 Å². The summed E-state index contributed by atoms with van der Waals surface area (Å²) in [5.74, 6) is 2.14. The summed E-state index contributed by atoms with van der Waals surface area (Å²) < 4.78 is 12.8. The molecular weight excluding hydrogens is 326 g/mol. The van der Waals surface area contributed by atoms with Crippen molar-refractivity contribution < 1.29 is 19.0 Å². The monoisotopic (exact) mass is 366 g/mol. The number of hydrogen-bond acceptors (Lipinski definition) is 4. The molecule has 0 radical (unpaired) electrons. The average Bonchev–Trinajstić information content (AvgIpc) is 2.47. The summed E-state index contributed by atoms with van der Waals surface area (Å²) in [7, 11) is -0.546. The van der Waals surface area contributed by atoms with Crippen LogP contribution in [-0.2, 0) is 19.0 Å². The summed E-state index contributed by atoms with van der Waals surface area (Å²) in [5.41, 5.74) is -0.466. The minimum atomic E-state index is -0.622. The van der Waals surface area contributed by atoms with E-state index >= 15 is 0 Å². The van der Waals surface area contributed by atoms with Crippen molar-refractivity contribution in [3.8, 4) is 0 Å². The molecule has 0 saturated carbocycles. The molecule has 0 atom stereocenters. The largest absolute Gasteiger partial charge is 0.520 e. The van der Waals surface area contributed by atoms with Gasteiger partial charge in [0.25, 0.3) is 0 Å². The van der Waals surface area contributed by atoms with Crippen LogP contribution >= 0.6 is 0 Å². The Balaban J connectivity index is 3.23. The summed E-state index contributed by atoms with van der Waals surface area (Å²) in [4.78, 5) is 11.8. The van der Waals surface area contributed by atoms with Crippen LogP contribution in [0.25, 0.3) is 0 Å². The molecule has 1 rings (SSSR count). The summed E-state index contributed by atoms with van der Waals surface area (Å²) in [6, 6.07) is 0. The lowest BCUT2D eigenvalue weighted by molar-refractivity contribution is -0.331. The Labute approximate surface area is 162 Å². The van der Waals surface area contributed by atoms with Crippen LogP contribution < -0.4 is 0 Å². The lowest BCUT2D eigenvalue weighted by Gasteiger charge is -2.42. The first-order valence-electron chi connectivity index (χ1n) is 10.0. The third kappa shape index (κ3) is 5.85. The Morgan fingerprint density at radius 3 is 2.12 bits per heavy atom. The highest BCUT2D eigenvalue weighted by molar-refractivity contribution is 6.62. The molecule has 1 heterocycles. The van der Waals surface area contributed by atoms with Crippen LogP contribution in [0.5, 0.6) is 0 Å². The predicted molar refractivity (Wildman–Crippen MR) is 111 cm³/mol. The topological polar surface area (TPSA) is 36.9 Å². The smallest absolute Gasteiger partial charge is 0.424 e. The maximum Gasteiger partial charge on any atom is 0.520 e. The molecule has 0 amide bonds. The molecule has 0 aliphatic carbocycles. The minimum Gasteiger partial charge on any atom is -0.424 e. The number of hydrogen-bond donors (Lipinski definition) is 0. The Morgan fingerprint density at radius 2 is 1.62 bits per heavy atom. The molecule has 0 aromatic carbocycles. The Hall–Kier alpha value is -0.290. The maximum absolute atomic E-state index is 6.48. The van der Waals surface area contributed by atoms with Crippen molar-refractivity contribution in [3.63, 3.8) is 0 Å². The molecule has 1 aliphatic rings. The molecule has 0 aromatic heterocycles. The van der Waals surface area contributed by atoms with Crippen LogP contribution in [0.4, 0.5) is 0 Å². The fourth-order valence-corrected chi connectivity index (χ4v) is 2.47. The van der Waals surface area contributed by atoms with Gasteiger partial charge >= 0.3 is 14.0 Å². The van der Waals surface area contributed by atoms with Gasteiger partial charge in [0.05, 0.1) is 11.2 Å². The lowest BCUT2D eigenvalue weighted by atomic mass is 9.61. The number of unbranched alkanes of at least 4 members (excludes halogenated alkanes) is 1. The summed E-state index contributed by atoms with van der Waals surface area (Å²) in [5, 5.41) is 0. The van der Waals surface area contributed by atoms with Crippen molar-refractivity contribution in [1.29, 1.82) is 0 Å². The fourth-order valence-electron chi connectivity index (χ4n) is 2.47. The summed E-state index contributed by atoms with van der Waals surface area (Å²) in [6.45, 7) is 23.0. The normalized spacial score (nSPS) is 23.7. The average molecular weight is 366 g/mol. The molecular formula is C20H40B2O4. The van der Waals surface area contributed by atoms with Crippen LogP contribution in [0, 0.1) is 5.41 Å².